The number of hydrogen-bond donors (Lipinski definition) is 0. The number of para-hydroxylation sites is 1. The van der Waals surface area contributed by atoms with E-state index in [4.69, 9.17) is 0 Å². The number of carbonyl (C=O) groups excluding carboxylic acids is 1. The number of rotatable bonds is 4. The molecule has 1 aliphatic rings. The van der Waals surface area contributed by atoms with E-state index >= 15 is 0 Å². The van der Waals surface area contributed by atoms with Crippen molar-refractivity contribution in [3.63, 3.8) is 0 Å². The third-order valence-electron chi connectivity index (χ3n) is 5.17. The van der Waals surface area contributed by atoms with Gasteiger partial charge in [-0.05, 0) is 30.2 Å². The second kappa shape index (κ2) is 8.16. The van der Waals surface area contributed by atoms with Crippen LogP contribution in [0, 0.1) is 0 Å². The van der Waals surface area contributed by atoms with Gasteiger partial charge in [0.1, 0.15) is 0 Å². The van der Waals surface area contributed by atoms with Crippen molar-refractivity contribution in [2.45, 2.75) is 23.1 Å². The Morgan fingerprint density at radius 1 is 1.07 bits per heavy atom. The minimum absolute atomic E-state index is 0.0515. The Bertz CT molecular complexity index is 1150. The first-order valence-electron chi connectivity index (χ1n) is 9.61. The molecule has 0 unspecified atom stereocenters. The maximum Gasteiger partial charge on any atom is 0.256 e. The lowest BCUT2D eigenvalue weighted by Crippen LogP contribution is -2.38. The van der Waals surface area contributed by atoms with E-state index < -0.39 is 9.84 Å². The Hall–Kier alpha value is -2.38. The molecule has 0 spiro atoms. The number of aryl methyl sites for hydroxylation is 1. The van der Waals surface area contributed by atoms with Crippen LogP contribution in [0.25, 0.3) is 10.9 Å². The van der Waals surface area contributed by atoms with Crippen molar-refractivity contribution in [2.24, 2.45) is 0 Å². The smallest absolute Gasteiger partial charge is 0.256 e. The van der Waals surface area contributed by atoms with Gasteiger partial charge in [0.15, 0.2) is 0 Å². The molecule has 0 aliphatic carbocycles. The molecule has 5 nitrogen and oxygen atoms in total. The first-order valence-corrected chi connectivity index (χ1v) is 12.2. The first-order chi connectivity index (χ1) is 14.0. The summed E-state index contributed by atoms with van der Waals surface area (Å²) >= 11 is 1.80. The quantitative estimate of drug-likeness (QED) is 0.634. The van der Waals surface area contributed by atoms with Crippen molar-refractivity contribution in [1.29, 1.82) is 0 Å². The second-order valence-electron chi connectivity index (χ2n) is 6.92. The van der Waals surface area contributed by atoms with Crippen molar-refractivity contribution in [1.82, 2.24) is 9.88 Å². The van der Waals surface area contributed by atoms with Crippen molar-refractivity contribution in [2.75, 3.05) is 24.6 Å². The Balaban J connectivity index is 1.91. The zero-order valence-electron chi connectivity index (χ0n) is 16.2. The van der Waals surface area contributed by atoms with Gasteiger partial charge in [0.05, 0.1) is 20.9 Å². The van der Waals surface area contributed by atoms with Gasteiger partial charge >= 0.3 is 0 Å². The fraction of sp³-hybridized carbons (Fsp3) is 0.273. The number of thioether (sulfide) groups is 1. The average molecular weight is 427 g/mol. The molecule has 1 fully saturated rings. The van der Waals surface area contributed by atoms with Crippen LogP contribution in [0.4, 0.5) is 0 Å². The SMILES string of the molecule is CCc1ccc(S(=O)(=O)c2c(C(=O)N3CCSCC3)cnc3ccccc23)cc1. The van der Waals surface area contributed by atoms with E-state index in [-0.39, 0.29) is 21.3 Å². The number of aromatic nitrogens is 1. The largest absolute Gasteiger partial charge is 0.337 e. The predicted molar refractivity (Wildman–Crippen MR) is 116 cm³/mol. The monoisotopic (exact) mass is 426 g/mol. The molecule has 0 radical (unpaired) electrons. The first kappa shape index (κ1) is 19.9. The van der Waals surface area contributed by atoms with E-state index in [0.29, 0.717) is 24.0 Å². The molecule has 4 rings (SSSR count). The molecule has 1 amide bonds. The molecule has 7 heteroatoms. The van der Waals surface area contributed by atoms with E-state index in [1.165, 1.54) is 6.20 Å². The third kappa shape index (κ3) is 3.76. The molecule has 3 aromatic rings. The molecule has 0 N–H and O–H groups in total. The van der Waals surface area contributed by atoms with E-state index in [0.717, 1.165) is 23.5 Å². The predicted octanol–water partition coefficient (Wildman–Crippen LogP) is 3.82. The molecule has 1 aromatic heterocycles. The van der Waals surface area contributed by atoms with Gasteiger partial charge in [-0.15, -0.1) is 0 Å². The van der Waals surface area contributed by atoms with Gasteiger partial charge in [0, 0.05) is 36.2 Å². The topological polar surface area (TPSA) is 67.3 Å². The Morgan fingerprint density at radius 2 is 1.76 bits per heavy atom. The third-order valence-corrected chi connectivity index (χ3v) is 7.98. The Morgan fingerprint density at radius 3 is 2.45 bits per heavy atom. The van der Waals surface area contributed by atoms with E-state index in [1.807, 2.05) is 25.1 Å². The van der Waals surface area contributed by atoms with Crippen LogP contribution in [-0.2, 0) is 16.3 Å². The molecular weight excluding hydrogens is 404 g/mol. The normalized spacial score (nSPS) is 14.9. The molecule has 0 saturated carbocycles. The van der Waals surface area contributed by atoms with Crippen molar-refractivity contribution in [3.05, 3.63) is 65.9 Å². The number of fused-ring (bicyclic) bond motifs is 1. The summed E-state index contributed by atoms with van der Waals surface area (Å²) < 4.78 is 27.3. The van der Waals surface area contributed by atoms with E-state index in [1.54, 1.807) is 47.0 Å². The van der Waals surface area contributed by atoms with Gasteiger partial charge in [-0.3, -0.25) is 9.78 Å². The molecule has 1 aliphatic heterocycles. The summed E-state index contributed by atoms with van der Waals surface area (Å²) in [6, 6.07) is 13.9. The fourth-order valence-electron chi connectivity index (χ4n) is 3.52. The minimum atomic E-state index is -3.90. The fourth-order valence-corrected chi connectivity index (χ4v) is 6.04. The summed E-state index contributed by atoms with van der Waals surface area (Å²) in [4.78, 5) is 19.6. The Kier molecular flexibility index (Phi) is 5.61. The van der Waals surface area contributed by atoms with Crippen molar-refractivity contribution in [3.8, 4) is 0 Å². The lowest BCUT2D eigenvalue weighted by atomic mass is 10.1. The summed E-state index contributed by atoms with van der Waals surface area (Å²) in [5.41, 5.74) is 1.77. The maximum atomic E-state index is 13.7. The highest BCUT2D eigenvalue weighted by atomic mass is 32.2. The van der Waals surface area contributed by atoms with Gasteiger partial charge in [-0.2, -0.15) is 11.8 Å². The van der Waals surface area contributed by atoms with Crippen LogP contribution >= 0.6 is 11.8 Å². The zero-order valence-corrected chi connectivity index (χ0v) is 17.8. The van der Waals surface area contributed by atoms with Crippen LogP contribution in [0.1, 0.15) is 22.8 Å². The number of hydrogen-bond acceptors (Lipinski definition) is 5. The maximum absolute atomic E-state index is 13.7. The molecule has 29 heavy (non-hydrogen) atoms. The summed E-state index contributed by atoms with van der Waals surface area (Å²) in [5, 5.41) is 0.476. The van der Waals surface area contributed by atoms with Crippen LogP contribution < -0.4 is 0 Å². The van der Waals surface area contributed by atoms with Crippen molar-refractivity contribution >= 4 is 38.4 Å². The lowest BCUT2D eigenvalue weighted by molar-refractivity contribution is 0.0768. The number of nitrogens with zero attached hydrogens (tertiary/aromatic N) is 2. The molecular formula is C22H22N2O3S2. The number of pyridine rings is 1. The summed E-state index contributed by atoms with van der Waals surface area (Å²) in [6.07, 6.45) is 2.24. The van der Waals surface area contributed by atoms with Crippen LogP contribution in [0.3, 0.4) is 0 Å². The highest BCUT2D eigenvalue weighted by Gasteiger charge is 2.30. The van der Waals surface area contributed by atoms with Crippen LogP contribution in [0.2, 0.25) is 0 Å². The summed E-state index contributed by atoms with van der Waals surface area (Å²) in [6.45, 7) is 3.25. The molecule has 1 saturated heterocycles. The molecule has 2 aromatic carbocycles. The Labute approximate surface area is 175 Å². The molecule has 150 valence electrons. The van der Waals surface area contributed by atoms with Gasteiger partial charge in [-0.25, -0.2) is 8.42 Å². The second-order valence-corrected chi connectivity index (χ2v) is 10.0. The summed E-state index contributed by atoms with van der Waals surface area (Å²) in [7, 11) is -3.90. The molecule has 0 atom stereocenters. The highest BCUT2D eigenvalue weighted by Crippen LogP contribution is 2.32. The number of benzene rings is 2. The molecule has 2 heterocycles. The van der Waals surface area contributed by atoms with Gasteiger partial charge in [0.25, 0.3) is 5.91 Å². The highest BCUT2D eigenvalue weighted by molar-refractivity contribution is 7.99. The summed E-state index contributed by atoms with van der Waals surface area (Å²) in [5.74, 6) is 1.44. The van der Waals surface area contributed by atoms with E-state index in [2.05, 4.69) is 4.98 Å². The minimum Gasteiger partial charge on any atom is -0.337 e. The van der Waals surface area contributed by atoms with Gasteiger partial charge < -0.3 is 4.90 Å². The van der Waals surface area contributed by atoms with Gasteiger partial charge in [0.2, 0.25) is 9.84 Å². The number of sulfone groups is 1. The standard InChI is InChI=1S/C22H22N2O3S2/c1-2-16-7-9-17(10-8-16)29(26,27)21-18-5-3-4-6-20(18)23-15-19(21)22(25)24-11-13-28-14-12-24/h3-10,15H,2,11-14H2,1H3. The van der Waals surface area contributed by atoms with Crippen LogP contribution in [-0.4, -0.2) is 48.8 Å². The van der Waals surface area contributed by atoms with Crippen LogP contribution in [0.5, 0.6) is 0 Å². The molecule has 0 bridgehead atoms. The average Bonchev–Trinajstić information content (AvgIpc) is 2.78. The van der Waals surface area contributed by atoms with Crippen LogP contribution in [0.15, 0.2) is 64.5 Å². The van der Waals surface area contributed by atoms with E-state index in [9.17, 15) is 13.2 Å². The number of carbonyl (C=O) groups is 1. The van der Waals surface area contributed by atoms with Gasteiger partial charge in [-0.1, -0.05) is 37.3 Å². The zero-order chi connectivity index (χ0) is 20.4. The lowest BCUT2D eigenvalue weighted by Gasteiger charge is -2.27. The van der Waals surface area contributed by atoms with Crippen molar-refractivity contribution < 1.29 is 13.2 Å². The number of amides is 1.